The highest BCUT2D eigenvalue weighted by atomic mass is 16.3. The topological polar surface area (TPSA) is 13.1 Å². The summed E-state index contributed by atoms with van der Waals surface area (Å²) in [4.78, 5) is 0. The first-order valence-electron chi connectivity index (χ1n) is 17.0. The van der Waals surface area contributed by atoms with Crippen LogP contribution < -0.4 is 0 Å². The lowest BCUT2D eigenvalue weighted by Crippen LogP contribution is -2.08. The number of aryl methyl sites for hydroxylation is 1. The summed E-state index contributed by atoms with van der Waals surface area (Å²) < 4.78 is 6.24. The first kappa shape index (κ1) is 28.6. The van der Waals surface area contributed by atoms with Gasteiger partial charge in [0.2, 0.25) is 0 Å². The zero-order chi connectivity index (χ0) is 32.2. The maximum atomic E-state index is 6.24. The van der Waals surface area contributed by atoms with Crippen LogP contribution in [0.4, 0.5) is 0 Å². The van der Waals surface area contributed by atoms with Gasteiger partial charge in [-0.25, -0.2) is 0 Å². The minimum atomic E-state index is 0.488. The smallest absolute Gasteiger partial charge is 0.134 e. The molecule has 0 spiro atoms. The largest absolute Gasteiger partial charge is 0.461 e. The third-order valence-electron chi connectivity index (χ3n) is 10.4. The highest BCUT2D eigenvalue weighted by molar-refractivity contribution is 6.09. The van der Waals surface area contributed by atoms with Gasteiger partial charge in [-0.05, 0) is 110 Å². The summed E-state index contributed by atoms with van der Waals surface area (Å²) in [7, 11) is 0. The van der Waals surface area contributed by atoms with Crippen LogP contribution in [-0.2, 0) is 6.42 Å². The molecule has 0 amide bonds. The molecule has 0 aliphatic heterocycles. The quantitative estimate of drug-likeness (QED) is 0.188. The summed E-state index contributed by atoms with van der Waals surface area (Å²) >= 11 is 0. The molecule has 3 aliphatic rings. The van der Waals surface area contributed by atoms with E-state index in [0.717, 1.165) is 52.7 Å². The summed E-state index contributed by atoms with van der Waals surface area (Å²) in [6.45, 7) is 6.11. The molecule has 0 saturated carbocycles. The molecule has 1 nitrogen and oxygen atoms in total. The van der Waals surface area contributed by atoms with E-state index in [4.69, 9.17) is 4.42 Å². The van der Waals surface area contributed by atoms with Crippen LogP contribution in [0.1, 0.15) is 40.9 Å². The van der Waals surface area contributed by atoms with Gasteiger partial charge < -0.3 is 4.42 Å². The first-order chi connectivity index (χ1) is 23.7. The van der Waals surface area contributed by atoms with Crippen molar-refractivity contribution in [2.75, 3.05) is 0 Å². The molecule has 0 radical (unpaired) electrons. The van der Waals surface area contributed by atoms with E-state index in [1.54, 1.807) is 0 Å². The number of rotatable bonds is 5. The third kappa shape index (κ3) is 4.61. The van der Waals surface area contributed by atoms with Crippen molar-refractivity contribution in [3.05, 3.63) is 174 Å². The summed E-state index contributed by atoms with van der Waals surface area (Å²) in [6, 6.07) is 33.2. The van der Waals surface area contributed by atoms with Crippen molar-refractivity contribution in [2.24, 2.45) is 5.92 Å². The first-order valence-corrected chi connectivity index (χ1v) is 17.0. The van der Waals surface area contributed by atoms with E-state index in [0.29, 0.717) is 5.92 Å². The molecule has 1 heterocycles. The van der Waals surface area contributed by atoms with Crippen LogP contribution in [0.2, 0.25) is 0 Å². The molecule has 0 bridgehead atoms. The van der Waals surface area contributed by atoms with E-state index >= 15 is 0 Å². The number of benzene rings is 5. The standard InChI is InChI=1S/C47H36O/c1-3-31-12-6-7-15-38(31)45-30(2)48-44-27-26-36(29-43(44)45)33-20-23-34(24-21-33)46-39-16-8-10-18-41(39)47(42-19-11-9-17-40(42)46)37-25-22-32-13-4-5-14-35(32)28-37/h3-8,10-16,18-21,23-29,32H,1,9,17,22H2,2H3. The predicted octanol–water partition coefficient (Wildman–Crippen LogP) is 13.0. The van der Waals surface area contributed by atoms with Gasteiger partial charge in [0.15, 0.2) is 0 Å². The molecule has 0 saturated heterocycles. The lowest BCUT2D eigenvalue weighted by molar-refractivity contribution is 0.580. The zero-order valence-electron chi connectivity index (χ0n) is 27.2. The fraction of sp³-hybridized carbons (Fsp3) is 0.106. The average Bonchev–Trinajstić information content (AvgIpc) is 3.48. The Balaban J connectivity index is 1.16. The number of hydrogen-bond acceptors (Lipinski definition) is 1. The molecule has 3 aliphatic carbocycles. The number of allylic oxidation sites excluding steroid dienone is 9. The summed E-state index contributed by atoms with van der Waals surface area (Å²) in [5.74, 6) is 1.41. The Morgan fingerprint density at radius 1 is 0.750 bits per heavy atom. The van der Waals surface area contributed by atoms with Crippen LogP contribution in [0.3, 0.4) is 0 Å². The second-order valence-electron chi connectivity index (χ2n) is 13.1. The van der Waals surface area contributed by atoms with Crippen molar-refractivity contribution >= 4 is 39.5 Å². The molecule has 48 heavy (non-hydrogen) atoms. The molecule has 0 N–H and O–H groups in total. The van der Waals surface area contributed by atoms with Crippen molar-refractivity contribution in [1.82, 2.24) is 0 Å². The van der Waals surface area contributed by atoms with Gasteiger partial charge in [-0.3, -0.25) is 0 Å². The van der Waals surface area contributed by atoms with E-state index in [9.17, 15) is 0 Å². The molecule has 9 rings (SSSR count). The summed E-state index contributed by atoms with van der Waals surface area (Å²) in [6.07, 6.45) is 23.6. The predicted molar refractivity (Wildman–Crippen MR) is 205 cm³/mol. The van der Waals surface area contributed by atoms with Gasteiger partial charge in [-0.15, -0.1) is 0 Å². The number of hydrogen-bond donors (Lipinski definition) is 0. The van der Waals surface area contributed by atoms with Crippen molar-refractivity contribution in [3.63, 3.8) is 0 Å². The summed E-state index contributed by atoms with van der Waals surface area (Å²) in [5, 5.41) is 3.78. The minimum absolute atomic E-state index is 0.488. The molecule has 6 aromatic rings. The highest BCUT2D eigenvalue weighted by Crippen LogP contribution is 2.45. The lowest BCUT2D eigenvalue weighted by Gasteiger charge is -2.27. The normalized spacial score (nSPS) is 16.5. The highest BCUT2D eigenvalue weighted by Gasteiger charge is 2.24. The SMILES string of the molecule is C=Cc1ccccc1-c1c(C)oc2ccc(-c3ccc(-c4c5c(c(C6=CCC7C=CC=CC7=C6)c6ccccc46)C=CCC5)cc3)cc12. The van der Waals surface area contributed by atoms with E-state index in [-0.39, 0.29) is 0 Å². The molecule has 230 valence electrons. The molecule has 1 aromatic heterocycles. The summed E-state index contributed by atoms with van der Waals surface area (Å²) in [5.41, 5.74) is 16.3. The molecule has 0 fully saturated rings. The average molecular weight is 617 g/mol. The Bertz CT molecular complexity index is 2430. The van der Waals surface area contributed by atoms with Gasteiger partial charge in [-0.1, -0.05) is 140 Å². The van der Waals surface area contributed by atoms with Crippen LogP contribution in [0.5, 0.6) is 0 Å². The third-order valence-corrected chi connectivity index (χ3v) is 10.4. The zero-order valence-corrected chi connectivity index (χ0v) is 27.2. The maximum absolute atomic E-state index is 6.24. The van der Waals surface area contributed by atoms with E-state index in [2.05, 4.69) is 153 Å². The van der Waals surface area contributed by atoms with Gasteiger partial charge in [0.25, 0.3) is 0 Å². The Labute approximate surface area is 282 Å². The van der Waals surface area contributed by atoms with Gasteiger partial charge in [0, 0.05) is 16.9 Å². The van der Waals surface area contributed by atoms with Crippen LogP contribution in [0.15, 0.2) is 150 Å². The second kappa shape index (κ2) is 11.5. The van der Waals surface area contributed by atoms with Gasteiger partial charge in [0.1, 0.15) is 11.3 Å². The monoisotopic (exact) mass is 616 g/mol. The maximum Gasteiger partial charge on any atom is 0.134 e. The van der Waals surface area contributed by atoms with Crippen molar-refractivity contribution in [3.8, 4) is 33.4 Å². The molecule has 1 atom stereocenters. The fourth-order valence-electron chi connectivity index (χ4n) is 8.13. The fourth-order valence-corrected chi connectivity index (χ4v) is 8.13. The number of furan rings is 1. The number of fused-ring (bicyclic) bond motifs is 4. The lowest BCUT2D eigenvalue weighted by atomic mass is 9.77. The molecule has 1 heteroatoms. The Morgan fingerprint density at radius 2 is 1.52 bits per heavy atom. The van der Waals surface area contributed by atoms with E-state index < -0.39 is 0 Å². The van der Waals surface area contributed by atoms with Crippen LogP contribution in [0.25, 0.3) is 72.8 Å². The van der Waals surface area contributed by atoms with Crippen molar-refractivity contribution in [1.29, 1.82) is 0 Å². The van der Waals surface area contributed by atoms with Gasteiger partial charge in [0.05, 0.1) is 0 Å². The van der Waals surface area contributed by atoms with Crippen LogP contribution >= 0.6 is 0 Å². The molecular weight excluding hydrogens is 581 g/mol. The minimum Gasteiger partial charge on any atom is -0.461 e. The Morgan fingerprint density at radius 3 is 2.38 bits per heavy atom. The van der Waals surface area contributed by atoms with Crippen LogP contribution in [-0.4, -0.2) is 0 Å². The van der Waals surface area contributed by atoms with E-state index in [1.165, 1.54) is 60.9 Å². The molecule has 5 aromatic carbocycles. The second-order valence-corrected chi connectivity index (χ2v) is 13.1. The van der Waals surface area contributed by atoms with Crippen molar-refractivity contribution in [2.45, 2.75) is 26.2 Å². The van der Waals surface area contributed by atoms with Gasteiger partial charge in [-0.2, -0.15) is 0 Å². The van der Waals surface area contributed by atoms with Crippen LogP contribution in [0, 0.1) is 12.8 Å². The molecule has 1 unspecified atom stereocenters. The van der Waals surface area contributed by atoms with E-state index in [1.807, 2.05) is 6.08 Å². The Hall–Kier alpha value is -5.66. The molecular formula is C47H36O. The van der Waals surface area contributed by atoms with Gasteiger partial charge >= 0.3 is 0 Å². The van der Waals surface area contributed by atoms with Crippen molar-refractivity contribution < 1.29 is 4.42 Å². The Kier molecular flexibility index (Phi) is 6.87.